The van der Waals surface area contributed by atoms with E-state index >= 15 is 0 Å². The van der Waals surface area contributed by atoms with Crippen molar-refractivity contribution in [2.75, 3.05) is 17.2 Å². The molecule has 0 heterocycles. The lowest BCUT2D eigenvalue weighted by Crippen LogP contribution is -2.39. The molecule has 0 aliphatic carbocycles. The number of nitrogens with one attached hydrogen (secondary N) is 4. The average molecular weight is 477 g/mol. The Morgan fingerprint density at radius 3 is 1.97 bits per heavy atom. The molecule has 4 amide bonds. The second-order valence-electron chi connectivity index (χ2n) is 9.04. The van der Waals surface area contributed by atoms with E-state index in [2.05, 4.69) is 42.0 Å². The molecule has 0 saturated carbocycles. The first-order chi connectivity index (χ1) is 16.6. The number of hydrogen-bond donors (Lipinski definition) is 4. The summed E-state index contributed by atoms with van der Waals surface area (Å²) in [6.45, 7) is 6.23. The van der Waals surface area contributed by atoms with Crippen LogP contribution in [0.3, 0.4) is 0 Å². The van der Waals surface area contributed by atoms with E-state index in [9.17, 15) is 18.8 Å². The number of carbonyl (C=O) groups excluding carboxylic acids is 3. The summed E-state index contributed by atoms with van der Waals surface area (Å²) in [5, 5.41) is 10.6. The molecule has 0 unspecified atom stereocenters. The molecule has 0 atom stereocenters. The monoisotopic (exact) mass is 476 g/mol. The van der Waals surface area contributed by atoms with Crippen molar-refractivity contribution in [3.05, 3.63) is 95.3 Å². The lowest BCUT2D eigenvalue weighted by molar-refractivity contribution is -0.115. The molecule has 3 aromatic carbocycles. The van der Waals surface area contributed by atoms with Gasteiger partial charge in [0.25, 0.3) is 5.91 Å². The fraction of sp³-hybridized carbons (Fsp3) is 0.222. The predicted molar refractivity (Wildman–Crippen MR) is 135 cm³/mol. The predicted octanol–water partition coefficient (Wildman–Crippen LogP) is 4.81. The van der Waals surface area contributed by atoms with E-state index < -0.39 is 11.9 Å². The highest BCUT2D eigenvalue weighted by atomic mass is 19.1. The summed E-state index contributed by atoms with van der Waals surface area (Å²) in [6, 6.07) is 19.4. The second-order valence-corrected chi connectivity index (χ2v) is 9.04. The lowest BCUT2D eigenvalue weighted by Gasteiger charge is -2.19. The van der Waals surface area contributed by atoms with Crippen LogP contribution in [0.15, 0.2) is 72.8 Å². The summed E-state index contributed by atoms with van der Waals surface area (Å²) < 4.78 is 12.9. The highest BCUT2D eigenvalue weighted by Crippen LogP contribution is 2.24. The average Bonchev–Trinajstić information content (AvgIpc) is 2.83. The van der Waals surface area contributed by atoms with Gasteiger partial charge >= 0.3 is 6.03 Å². The van der Waals surface area contributed by atoms with Gasteiger partial charge < -0.3 is 21.3 Å². The number of hydrogen-bond acceptors (Lipinski definition) is 3. The van der Waals surface area contributed by atoms with E-state index in [4.69, 9.17) is 0 Å². The zero-order valence-corrected chi connectivity index (χ0v) is 19.9. The van der Waals surface area contributed by atoms with Crippen molar-refractivity contribution in [2.45, 2.75) is 32.7 Å². The molecule has 0 aliphatic rings. The molecule has 0 fully saturated rings. The molecule has 7 nitrogen and oxygen atoms in total. The molecule has 0 saturated heterocycles. The quantitative estimate of drug-likeness (QED) is 0.394. The number of amides is 4. The van der Waals surface area contributed by atoms with Gasteiger partial charge in [-0.05, 0) is 52.9 Å². The minimum Gasteiger partial charge on any atom is -0.334 e. The van der Waals surface area contributed by atoms with Gasteiger partial charge in [0.15, 0.2) is 0 Å². The van der Waals surface area contributed by atoms with Gasteiger partial charge in [-0.1, -0.05) is 57.2 Å². The molecule has 3 aromatic rings. The summed E-state index contributed by atoms with van der Waals surface area (Å²) in [5.41, 5.74) is 3.17. The van der Waals surface area contributed by atoms with Crippen molar-refractivity contribution in [3.8, 4) is 0 Å². The number of carbonyl (C=O) groups is 3. The van der Waals surface area contributed by atoms with Crippen LogP contribution in [0.1, 0.15) is 42.3 Å². The number of halogens is 1. The van der Waals surface area contributed by atoms with Crippen molar-refractivity contribution in [2.24, 2.45) is 0 Å². The Balaban J connectivity index is 1.52. The minimum absolute atomic E-state index is 0.0161. The Labute approximate surface area is 204 Å². The summed E-state index contributed by atoms with van der Waals surface area (Å²) >= 11 is 0. The van der Waals surface area contributed by atoms with Gasteiger partial charge in [0.1, 0.15) is 5.82 Å². The van der Waals surface area contributed by atoms with Gasteiger partial charge in [0, 0.05) is 12.1 Å². The largest absolute Gasteiger partial charge is 0.334 e. The Bertz CT molecular complexity index is 1190. The Morgan fingerprint density at radius 2 is 1.37 bits per heavy atom. The maximum absolute atomic E-state index is 12.9. The van der Waals surface area contributed by atoms with E-state index in [1.54, 1.807) is 48.5 Å². The number of para-hydroxylation sites is 2. The third kappa shape index (κ3) is 7.67. The highest BCUT2D eigenvalue weighted by Gasteiger charge is 2.15. The molecule has 0 spiro atoms. The minimum atomic E-state index is -0.537. The molecular formula is C27H29FN4O3. The summed E-state index contributed by atoms with van der Waals surface area (Å²) in [6.07, 6.45) is 0. The first-order valence-electron chi connectivity index (χ1n) is 11.2. The van der Waals surface area contributed by atoms with E-state index in [0.29, 0.717) is 16.9 Å². The first kappa shape index (κ1) is 25.4. The molecule has 35 heavy (non-hydrogen) atoms. The fourth-order valence-electron chi connectivity index (χ4n) is 3.22. The second kappa shape index (κ2) is 11.3. The highest BCUT2D eigenvalue weighted by molar-refractivity contribution is 6.07. The Hall–Kier alpha value is -4.20. The SMILES string of the molecule is CC(C)(C)c1ccc(C(=O)Nc2ccccc2NC(=O)CNC(=O)NCc2ccc(F)cc2)cc1. The third-order valence-corrected chi connectivity index (χ3v) is 5.24. The lowest BCUT2D eigenvalue weighted by atomic mass is 9.87. The molecule has 8 heteroatoms. The van der Waals surface area contributed by atoms with Crippen molar-refractivity contribution in [1.82, 2.24) is 10.6 Å². The summed E-state index contributed by atoms with van der Waals surface area (Å²) in [5.74, 6) is -1.12. The van der Waals surface area contributed by atoms with Crippen molar-refractivity contribution >= 4 is 29.2 Å². The zero-order chi connectivity index (χ0) is 25.4. The molecule has 0 radical (unpaired) electrons. The van der Waals surface area contributed by atoms with Crippen LogP contribution in [0, 0.1) is 5.82 Å². The van der Waals surface area contributed by atoms with Crippen LogP contribution in [-0.4, -0.2) is 24.4 Å². The molecule has 182 valence electrons. The van der Waals surface area contributed by atoms with Crippen LogP contribution < -0.4 is 21.3 Å². The molecule has 0 aliphatic heterocycles. The van der Waals surface area contributed by atoms with Crippen LogP contribution in [-0.2, 0) is 16.8 Å². The fourth-order valence-corrected chi connectivity index (χ4v) is 3.22. The molecule has 4 N–H and O–H groups in total. The zero-order valence-electron chi connectivity index (χ0n) is 19.9. The van der Waals surface area contributed by atoms with E-state index in [1.807, 2.05) is 12.1 Å². The van der Waals surface area contributed by atoms with Gasteiger partial charge in [0.2, 0.25) is 5.91 Å². The molecule has 0 bridgehead atoms. The number of benzene rings is 3. The summed E-state index contributed by atoms with van der Waals surface area (Å²) in [4.78, 5) is 37.0. The van der Waals surface area contributed by atoms with Crippen LogP contribution in [0.4, 0.5) is 20.6 Å². The normalized spacial score (nSPS) is 10.9. The molecule has 3 rings (SSSR count). The van der Waals surface area contributed by atoms with Gasteiger partial charge in [-0.25, -0.2) is 9.18 Å². The van der Waals surface area contributed by atoms with E-state index in [0.717, 1.165) is 11.1 Å². The van der Waals surface area contributed by atoms with Crippen LogP contribution >= 0.6 is 0 Å². The van der Waals surface area contributed by atoms with Crippen LogP contribution in [0.25, 0.3) is 0 Å². The maximum Gasteiger partial charge on any atom is 0.315 e. The Morgan fingerprint density at radius 1 is 0.771 bits per heavy atom. The smallest absolute Gasteiger partial charge is 0.315 e. The number of urea groups is 1. The number of rotatable bonds is 7. The molecular weight excluding hydrogens is 447 g/mol. The van der Waals surface area contributed by atoms with Crippen LogP contribution in [0.5, 0.6) is 0 Å². The van der Waals surface area contributed by atoms with Crippen molar-refractivity contribution in [3.63, 3.8) is 0 Å². The third-order valence-electron chi connectivity index (χ3n) is 5.24. The van der Waals surface area contributed by atoms with Gasteiger partial charge in [-0.3, -0.25) is 9.59 Å². The standard InChI is InChI=1S/C27H29FN4O3/c1-27(2,3)20-12-10-19(11-13-20)25(34)32-23-7-5-4-6-22(23)31-24(33)17-30-26(35)29-16-18-8-14-21(28)15-9-18/h4-15H,16-17H2,1-3H3,(H,31,33)(H,32,34)(H2,29,30,35). The van der Waals surface area contributed by atoms with E-state index in [1.165, 1.54) is 12.1 Å². The maximum atomic E-state index is 12.9. The topological polar surface area (TPSA) is 99.3 Å². The Kier molecular flexibility index (Phi) is 8.20. The van der Waals surface area contributed by atoms with Crippen molar-refractivity contribution < 1.29 is 18.8 Å². The van der Waals surface area contributed by atoms with Gasteiger partial charge in [-0.2, -0.15) is 0 Å². The number of anilines is 2. The van der Waals surface area contributed by atoms with E-state index in [-0.39, 0.29) is 30.2 Å². The first-order valence-corrected chi connectivity index (χ1v) is 11.2. The van der Waals surface area contributed by atoms with Gasteiger partial charge in [-0.15, -0.1) is 0 Å². The van der Waals surface area contributed by atoms with Crippen LogP contribution in [0.2, 0.25) is 0 Å². The molecule has 0 aromatic heterocycles. The van der Waals surface area contributed by atoms with Crippen molar-refractivity contribution in [1.29, 1.82) is 0 Å². The summed E-state index contributed by atoms with van der Waals surface area (Å²) in [7, 11) is 0. The van der Waals surface area contributed by atoms with Gasteiger partial charge in [0.05, 0.1) is 17.9 Å².